The summed E-state index contributed by atoms with van der Waals surface area (Å²) in [7, 11) is 0. The predicted octanol–water partition coefficient (Wildman–Crippen LogP) is 5.89. The minimum absolute atomic E-state index is 0.282. The zero-order valence-corrected chi connectivity index (χ0v) is 18.8. The molecule has 1 amide bonds. The Kier molecular flexibility index (Phi) is 5.89. The standard InChI is InChI=1S/C23H20ClFN4OS/c1-13-20(12-16-4-6-17(24)7-5-16)15(3)29(28-13)23-26-14(2)21(31-23)22(30)27-19-10-8-18(25)9-11-19/h4-11H,12H2,1-3H3,(H,27,30). The van der Waals surface area contributed by atoms with E-state index in [4.69, 9.17) is 11.6 Å². The van der Waals surface area contributed by atoms with Crippen LogP contribution < -0.4 is 5.32 Å². The van der Waals surface area contributed by atoms with Gasteiger partial charge in [-0.25, -0.2) is 14.1 Å². The Balaban J connectivity index is 1.59. The van der Waals surface area contributed by atoms with Crippen LogP contribution in [0.4, 0.5) is 10.1 Å². The minimum atomic E-state index is -0.354. The quantitative estimate of drug-likeness (QED) is 0.409. The van der Waals surface area contributed by atoms with Crippen LogP contribution in [0.3, 0.4) is 0 Å². The van der Waals surface area contributed by atoms with E-state index in [1.807, 2.05) is 38.1 Å². The maximum atomic E-state index is 13.1. The topological polar surface area (TPSA) is 59.8 Å². The number of hydrogen-bond donors (Lipinski definition) is 1. The molecule has 0 saturated carbocycles. The molecule has 0 bridgehead atoms. The lowest BCUT2D eigenvalue weighted by atomic mass is 10.0. The van der Waals surface area contributed by atoms with Crippen LogP contribution >= 0.6 is 22.9 Å². The van der Waals surface area contributed by atoms with E-state index in [-0.39, 0.29) is 11.7 Å². The van der Waals surface area contributed by atoms with Gasteiger partial charge < -0.3 is 5.32 Å². The molecule has 2 heterocycles. The molecule has 0 fully saturated rings. The molecule has 0 radical (unpaired) electrons. The van der Waals surface area contributed by atoms with Gasteiger partial charge >= 0.3 is 0 Å². The molecule has 2 aromatic heterocycles. The molecular formula is C23H20ClFN4OS. The molecule has 0 unspecified atom stereocenters. The average molecular weight is 455 g/mol. The first-order chi connectivity index (χ1) is 14.8. The van der Waals surface area contributed by atoms with Crippen molar-refractivity contribution >= 4 is 34.5 Å². The van der Waals surface area contributed by atoms with E-state index in [1.165, 1.54) is 35.6 Å². The number of anilines is 1. The van der Waals surface area contributed by atoms with Crippen LogP contribution in [0.5, 0.6) is 0 Å². The Morgan fingerprint density at radius 1 is 1.06 bits per heavy atom. The molecule has 8 heteroatoms. The van der Waals surface area contributed by atoms with Gasteiger partial charge in [0.25, 0.3) is 5.91 Å². The van der Waals surface area contributed by atoms with Crippen LogP contribution in [-0.2, 0) is 6.42 Å². The minimum Gasteiger partial charge on any atom is -0.321 e. The molecule has 0 aliphatic heterocycles. The largest absolute Gasteiger partial charge is 0.321 e. The molecule has 0 saturated heterocycles. The third kappa shape index (κ3) is 4.52. The van der Waals surface area contributed by atoms with Crippen molar-refractivity contribution in [3.63, 3.8) is 0 Å². The number of nitrogens with zero attached hydrogens (tertiary/aromatic N) is 3. The maximum Gasteiger partial charge on any atom is 0.267 e. The highest BCUT2D eigenvalue weighted by Crippen LogP contribution is 2.27. The summed E-state index contributed by atoms with van der Waals surface area (Å²) in [6.45, 7) is 5.76. The van der Waals surface area contributed by atoms with Crippen LogP contribution in [-0.4, -0.2) is 20.7 Å². The van der Waals surface area contributed by atoms with E-state index in [0.29, 0.717) is 26.4 Å². The van der Waals surface area contributed by atoms with Crippen molar-refractivity contribution in [2.24, 2.45) is 0 Å². The number of nitrogens with one attached hydrogen (secondary N) is 1. The van der Waals surface area contributed by atoms with Gasteiger partial charge in [-0.2, -0.15) is 5.10 Å². The highest BCUT2D eigenvalue weighted by atomic mass is 35.5. The van der Waals surface area contributed by atoms with Crippen LogP contribution in [0.15, 0.2) is 48.5 Å². The Morgan fingerprint density at radius 3 is 2.42 bits per heavy atom. The summed E-state index contributed by atoms with van der Waals surface area (Å²) < 4.78 is 14.9. The van der Waals surface area contributed by atoms with Crippen LogP contribution in [0, 0.1) is 26.6 Å². The molecule has 0 aliphatic rings. The third-order valence-electron chi connectivity index (χ3n) is 5.01. The SMILES string of the molecule is Cc1nc(-n2nc(C)c(Cc3ccc(Cl)cc3)c2C)sc1C(=O)Nc1ccc(F)cc1. The summed E-state index contributed by atoms with van der Waals surface area (Å²) >= 11 is 7.26. The van der Waals surface area contributed by atoms with Crippen LogP contribution in [0.2, 0.25) is 5.02 Å². The summed E-state index contributed by atoms with van der Waals surface area (Å²) in [6.07, 6.45) is 0.733. The summed E-state index contributed by atoms with van der Waals surface area (Å²) in [5, 5.41) is 8.79. The van der Waals surface area contributed by atoms with Crippen molar-refractivity contribution in [1.29, 1.82) is 0 Å². The third-order valence-corrected chi connectivity index (χ3v) is 6.39. The summed E-state index contributed by atoms with van der Waals surface area (Å²) in [5.74, 6) is -0.635. The predicted molar refractivity (Wildman–Crippen MR) is 122 cm³/mol. The van der Waals surface area contributed by atoms with Crippen molar-refractivity contribution in [3.8, 4) is 5.13 Å². The van der Waals surface area contributed by atoms with Gasteiger partial charge in [0.1, 0.15) is 10.7 Å². The van der Waals surface area contributed by atoms with Gasteiger partial charge in [-0.1, -0.05) is 35.1 Å². The fourth-order valence-corrected chi connectivity index (χ4v) is 4.42. The molecule has 158 valence electrons. The smallest absolute Gasteiger partial charge is 0.267 e. The van der Waals surface area contributed by atoms with Gasteiger partial charge in [0.2, 0.25) is 5.13 Å². The number of aryl methyl sites for hydroxylation is 2. The number of hydrogen-bond acceptors (Lipinski definition) is 4. The monoisotopic (exact) mass is 454 g/mol. The molecule has 31 heavy (non-hydrogen) atoms. The highest BCUT2D eigenvalue weighted by Gasteiger charge is 2.20. The Morgan fingerprint density at radius 2 is 1.74 bits per heavy atom. The first-order valence-corrected chi connectivity index (χ1v) is 10.9. The Bertz CT molecular complexity index is 1250. The van der Waals surface area contributed by atoms with Gasteiger partial charge in [-0.05, 0) is 62.7 Å². The first-order valence-electron chi connectivity index (χ1n) is 9.66. The fraction of sp³-hybridized carbons (Fsp3) is 0.174. The number of aromatic nitrogens is 3. The molecule has 2 aromatic carbocycles. The second kappa shape index (κ2) is 8.61. The lowest BCUT2D eigenvalue weighted by Gasteiger charge is -2.04. The van der Waals surface area contributed by atoms with Crippen LogP contribution in [0.1, 0.15) is 37.9 Å². The lowest BCUT2D eigenvalue weighted by Crippen LogP contribution is -2.11. The molecule has 0 aliphatic carbocycles. The summed E-state index contributed by atoms with van der Waals surface area (Å²) in [4.78, 5) is 17.8. The average Bonchev–Trinajstić information content (AvgIpc) is 3.26. The molecule has 4 rings (SSSR count). The van der Waals surface area contributed by atoms with Crippen molar-refractivity contribution in [2.45, 2.75) is 27.2 Å². The molecule has 0 atom stereocenters. The molecule has 0 spiro atoms. The van der Waals surface area contributed by atoms with Crippen molar-refractivity contribution < 1.29 is 9.18 Å². The number of benzene rings is 2. The summed E-state index contributed by atoms with van der Waals surface area (Å²) in [6, 6.07) is 13.4. The highest BCUT2D eigenvalue weighted by molar-refractivity contribution is 7.16. The number of halogens is 2. The van der Waals surface area contributed by atoms with Crippen LogP contribution in [0.25, 0.3) is 5.13 Å². The van der Waals surface area contributed by atoms with E-state index in [9.17, 15) is 9.18 Å². The first kappa shape index (κ1) is 21.2. The number of carbonyl (C=O) groups excluding carboxylic acids is 1. The van der Waals surface area contributed by atoms with Gasteiger partial charge in [-0.3, -0.25) is 4.79 Å². The number of rotatable bonds is 5. The van der Waals surface area contributed by atoms with Gasteiger partial charge in [0, 0.05) is 28.4 Å². The summed E-state index contributed by atoms with van der Waals surface area (Å²) in [5.41, 5.74) is 5.30. The van der Waals surface area contributed by atoms with Crippen molar-refractivity contribution in [2.75, 3.05) is 5.32 Å². The molecule has 1 N–H and O–H groups in total. The van der Waals surface area contributed by atoms with Gasteiger partial charge in [-0.15, -0.1) is 0 Å². The van der Waals surface area contributed by atoms with E-state index in [1.54, 1.807) is 11.6 Å². The number of amides is 1. The number of thiazole rings is 1. The Labute approximate surface area is 188 Å². The fourth-order valence-electron chi connectivity index (χ4n) is 3.33. The van der Waals surface area contributed by atoms with Gasteiger partial charge in [0.15, 0.2) is 0 Å². The van der Waals surface area contributed by atoms with Crippen molar-refractivity contribution in [1.82, 2.24) is 14.8 Å². The van der Waals surface area contributed by atoms with E-state index in [0.717, 1.165) is 28.9 Å². The van der Waals surface area contributed by atoms with E-state index < -0.39 is 0 Å². The van der Waals surface area contributed by atoms with Gasteiger partial charge in [0.05, 0.1) is 11.4 Å². The normalized spacial score (nSPS) is 11.0. The maximum absolute atomic E-state index is 13.1. The number of carbonyl (C=O) groups is 1. The molecule has 5 nitrogen and oxygen atoms in total. The van der Waals surface area contributed by atoms with E-state index >= 15 is 0 Å². The van der Waals surface area contributed by atoms with Crippen molar-refractivity contribution in [3.05, 3.63) is 92.5 Å². The lowest BCUT2D eigenvalue weighted by molar-refractivity contribution is 0.103. The zero-order chi connectivity index (χ0) is 22.1. The second-order valence-corrected chi connectivity index (χ2v) is 8.65. The molecule has 4 aromatic rings. The van der Waals surface area contributed by atoms with E-state index in [2.05, 4.69) is 15.4 Å². The molecular weight excluding hydrogens is 435 g/mol. The Hall–Kier alpha value is -3.03. The zero-order valence-electron chi connectivity index (χ0n) is 17.2. The second-order valence-electron chi connectivity index (χ2n) is 7.24.